The fourth-order valence-corrected chi connectivity index (χ4v) is 2.44. The van der Waals surface area contributed by atoms with E-state index in [0.717, 1.165) is 42.7 Å². The van der Waals surface area contributed by atoms with Gasteiger partial charge in [-0.25, -0.2) is 0 Å². The molecule has 1 aliphatic heterocycles. The summed E-state index contributed by atoms with van der Waals surface area (Å²) in [7, 11) is 0. The molecule has 0 saturated carbocycles. The average Bonchev–Trinajstić information content (AvgIpc) is 2.43. The molecule has 1 aromatic carbocycles. The molecule has 0 fully saturated rings. The molecule has 1 aliphatic rings. The van der Waals surface area contributed by atoms with E-state index in [9.17, 15) is 4.79 Å². The number of unbranched alkanes of at least 4 members (excludes halogenated alkanes) is 2. The third-order valence-corrected chi connectivity index (χ3v) is 3.53. The Balaban J connectivity index is 1.79. The van der Waals surface area contributed by atoms with Crippen molar-refractivity contribution in [1.82, 2.24) is 0 Å². The first-order valence-electron chi connectivity index (χ1n) is 7.36. The van der Waals surface area contributed by atoms with Crippen LogP contribution in [0.2, 0.25) is 0 Å². The molecule has 20 heavy (non-hydrogen) atoms. The van der Waals surface area contributed by atoms with Gasteiger partial charge in [0.25, 0.3) is 0 Å². The van der Waals surface area contributed by atoms with Crippen molar-refractivity contribution in [3.8, 4) is 5.75 Å². The fraction of sp³-hybridized carbons (Fsp3) is 0.562. The van der Waals surface area contributed by atoms with Crippen LogP contribution in [-0.2, 0) is 16.0 Å². The number of carbonyl (C=O) groups is 1. The third kappa shape index (κ3) is 4.15. The highest BCUT2D eigenvalue weighted by atomic mass is 16.5. The van der Waals surface area contributed by atoms with Crippen molar-refractivity contribution < 1.29 is 14.3 Å². The van der Waals surface area contributed by atoms with Crippen molar-refractivity contribution in [1.29, 1.82) is 0 Å². The summed E-state index contributed by atoms with van der Waals surface area (Å²) in [6.45, 7) is 3.23. The van der Waals surface area contributed by atoms with E-state index in [1.807, 2.05) is 18.2 Å². The highest BCUT2D eigenvalue weighted by molar-refractivity contribution is 5.69. The maximum atomic E-state index is 11.8. The molecule has 1 heterocycles. The van der Waals surface area contributed by atoms with Crippen LogP contribution in [0.3, 0.4) is 0 Å². The molecule has 0 spiro atoms. The summed E-state index contributed by atoms with van der Waals surface area (Å²) >= 11 is 0. The van der Waals surface area contributed by atoms with Crippen LogP contribution in [0.1, 0.15) is 38.2 Å². The van der Waals surface area contributed by atoms with Gasteiger partial charge < -0.3 is 15.2 Å². The first-order chi connectivity index (χ1) is 9.69. The Labute approximate surface area is 120 Å². The van der Waals surface area contributed by atoms with Crippen LogP contribution in [0.5, 0.6) is 5.75 Å². The van der Waals surface area contributed by atoms with E-state index in [2.05, 4.69) is 6.92 Å². The lowest BCUT2D eigenvalue weighted by atomic mass is 9.94. The summed E-state index contributed by atoms with van der Waals surface area (Å²) in [6.07, 6.45) is 4.42. The predicted molar refractivity (Wildman–Crippen MR) is 78.6 cm³/mol. The minimum Gasteiger partial charge on any atom is -0.493 e. The summed E-state index contributed by atoms with van der Waals surface area (Å²) in [5.41, 5.74) is 7.59. The summed E-state index contributed by atoms with van der Waals surface area (Å²) in [4.78, 5) is 11.8. The maximum absolute atomic E-state index is 11.8. The Morgan fingerprint density at radius 2 is 2.30 bits per heavy atom. The van der Waals surface area contributed by atoms with Crippen molar-refractivity contribution in [3.63, 3.8) is 0 Å². The average molecular weight is 277 g/mol. The number of benzene rings is 1. The molecule has 0 aliphatic carbocycles. The molecule has 0 amide bonds. The van der Waals surface area contributed by atoms with E-state index in [-0.39, 0.29) is 11.9 Å². The Morgan fingerprint density at radius 1 is 1.45 bits per heavy atom. The molecule has 0 bridgehead atoms. The number of nitrogens with two attached hydrogens (primary N) is 1. The minimum absolute atomic E-state index is 0.123. The lowest BCUT2D eigenvalue weighted by Gasteiger charge is -2.24. The van der Waals surface area contributed by atoms with E-state index in [4.69, 9.17) is 15.2 Å². The zero-order chi connectivity index (χ0) is 14.4. The number of hydrogen-bond acceptors (Lipinski definition) is 4. The summed E-state index contributed by atoms with van der Waals surface area (Å²) in [5.74, 6) is 0.941. The summed E-state index contributed by atoms with van der Waals surface area (Å²) in [6, 6.07) is 5.65. The van der Waals surface area contributed by atoms with Gasteiger partial charge in [-0.05, 0) is 36.6 Å². The van der Waals surface area contributed by atoms with Gasteiger partial charge in [0, 0.05) is 11.6 Å². The Hall–Kier alpha value is -1.71. The van der Waals surface area contributed by atoms with Gasteiger partial charge in [-0.15, -0.1) is 0 Å². The fourth-order valence-electron chi connectivity index (χ4n) is 2.44. The lowest BCUT2D eigenvalue weighted by Crippen LogP contribution is -2.24. The van der Waals surface area contributed by atoms with Gasteiger partial charge in [0.2, 0.25) is 0 Å². The standard InChI is InChI=1S/C16H23NO3/c1-2-3-4-7-19-16(18)9-12-8-13-10-14(17)5-6-15(13)20-11-12/h5-6,10,12H,2-4,7-9,11,17H2,1H3. The number of anilines is 1. The van der Waals surface area contributed by atoms with Crippen LogP contribution in [0.25, 0.3) is 0 Å². The van der Waals surface area contributed by atoms with Gasteiger partial charge in [0.15, 0.2) is 0 Å². The Morgan fingerprint density at radius 3 is 3.10 bits per heavy atom. The molecule has 0 radical (unpaired) electrons. The molecule has 4 nitrogen and oxygen atoms in total. The molecular weight excluding hydrogens is 254 g/mol. The van der Waals surface area contributed by atoms with Gasteiger partial charge in [-0.1, -0.05) is 19.8 Å². The number of nitrogen functional groups attached to an aromatic ring is 1. The largest absolute Gasteiger partial charge is 0.493 e. The molecule has 0 saturated heterocycles. The molecule has 2 N–H and O–H groups in total. The van der Waals surface area contributed by atoms with Crippen LogP contribution in [-0.4, -0.2) is 19.2 Å². The minimum atomic E-state index is -0.123. The molecule has 2 rings (SSSR count). The highest BCUT2D eigenvalue weighted by Gasteiger charge is 2.23. The molecule has 1 atom stereocenters. The van der Waals surface area contributed by atoms with Gasteiger partial charge in [0.1, 0.15) is 5.75 Å². The SMILES string of the molecule is CCCCCOC(=O)CC1COc2ccc(N)cc2C1. The highest BCUT2D eigenvalue weighted by Crippen LogP contribution is 2.30. The molecule has 110 valence electrons. The Kier molecular flexibility index (Phi) is 5.27. The lowest BCUT2D eigenvalue weighted by molar-refractivity contribution is -0.145. The van der Waals surface area contributed by atoms with Gasteiger partial charge in [-0.3, -0.25) is 4.79 Å². The molecule has 1 aromatic rings. The topological polar surface area (TPSA) is 61.5 Å². The maximum Gasteiger partial charge on any atom is 0.306 e. The van der Waals surface area contributed by atoms with Crippen molar-refractivity contribution in [2.24, 2.45) is 5.92 Å². The smallest absolute Gasteiger partial charge is 0.306 e. The molecule has 1 unspecified atom stereocenters. The normalized spacial score (nSPS) is 17.1. The molecule has 0 aromatic heterocycles. The van der Waals surface area contributed by atoms with Crippen molar-refractivity contribution in [3.05, 3.63) is 23.8 Å². The zero-order valence-electron chi connectivity index (χ0n) is 12.1. The second-order valence-corrected chi connectivity index (χ2v) is 5.38. The monoisotopic (exact) mass is 277 g/mol. The number of fused-ring (bicyclic) bond motifs is 1. The van der Waals surface area contributed by atoms with E-state index < -0.39 is 0 Å². The summed E-state index contributed by atoms with van der Waals surface area (Å²) < 4.78 is 10.9. The van der Waals surface area contributed by atoms with Crippen LogP contribution in [0.15, 0.2) is 18.2 Å². The third-order valence-electron chi connectivity index (χ3n) is 3.53. The number of ether oxygens (including phenoxy) is 2. The number of carbonyl (C=O) groups excluding carboxylic acids is 1. The van der Waals surface area contributed by atoms with Gasteiger partial charge in [0.05, 0.1) is 19.6 Å². The number of esters is 1. The molecular formula is C16H23NO3. The van der Waals surface area contributed by atoms with Crippen LogP contribution in [0, 0.1) is 5.92 Å². The van der Waals surface area contributed by atoms with Crippen molar-refractivity contribution >= 4 is 11.7 Å². The van der Waals surface area contributed by atoms with E-state index in [0.29, 0.717) is 19.6 Å². The van der Waals surface area contributed by atoms with Crippen molar-refractivity contribution in [2.45, 2.75) is 39.0 Å². The van der Waals surface area contributed by atoms with Crippen LogP contribution < -0.4 is 10.5 Å². The zero-order valence-corrected chi connectivity index (χ0v) is 12.1. The van der Waals surface area contributed by atoms with E-state index in [1.165, 1.54) is 0 Å². The van der Waals surface area contributed by atoms with Gasteiger partial charge >= 0.3 is 5.97 Å². The quantitative estimate of drug-likeness (QED) is 0.493. The van der Waals surface area contributed by atoms with Crippen LogP contribution >= 0.6 is 0 Å². The number of rotatable bonds is 6. The summed E-state index contributed by atoms with van der Waals surface area (Å²) in [5, 5.41) is 0. The first kappa shape index (κ1) is 14.7. The second-order valence-electron chi connectivity index (χ2n) is 5.38. The van der Waals surface area contributed by atoms with Crippen molar-refractivity contribution in [2.75, 3.05) is 18.9 Å². The Bertz CT molecular complexity index is 459. The second kappa shape index (κ2) is 7.17. The number of hydrogen-bond donors (Lipinski definition) is 1. The predicted octanol–water partition coefficient (Wildman–Crippen LogP) is 2.94. The van der Waals surface area contributed by atoms with E-state index in [1.54, 1.807) is 0 Å². The first-order valence-corrected chi connectivity index (χ1v) is 7.36. The van der Waals surface area contributed by atoms with Crippen LogP contribution in [0.4, 0.5) is 5.69 Å². The van der Waals surface area contributed by atoms with E-state index >= 15 is 0 Å². The molecule has 4 heteroatoms. The van der Waals surface area contributed by atoms with Gasteiger partial charge in [-0.2, -0.15) is 0 Å².